The highest BCUT2D eigenvalue weighted by Gasteiger charge is 2.22. The van der Waals surface area contributed by atoms with Crippen LogP contribution in [0.25, 0.3) is 0 Å². The molecule has 0 amide bonds. The maximum atomic E-state index is 11.2. The molecule has 0 radical (unpaired) electrons. The molecule has 0 bridgehead atoms. The first-order valence-corrected chi connectivity index (χ1v) is 6.54. The summed E-state index contributed by atoms with van der Waals surface area (Å²) in [6.07, 6.45) is 2.45. The van der Waals surface area contributed by atoms with Crippen molar-refractivity contribution in [2.75, 3.05) is 6.54 Å². The molecule has 1 aliphatic rings. The highest BCUT2D eigenvalue weighted by Crippen LogP contribution is 2.23. The Morgan fingerprint density at radius 3 is 3.00 bits per heavy atom. The smallest absolute Gasteiger partial charge is 0.335 e. The molecule has 1 aromatic heterocycles. The molecular weight excluding hydrogens is 256 g/mol. The SMILES string of the molecule is Cn1cnnc1CN1CCc2c(cccc2C(=O)O)C1. The van der Waals surface area contributed by atoms with Crippen LogP contribution in [0.1, 0.15) is 27.3 Å². The number of rotatable bonds is 3. The number of aromatic carboxylic acids is 1. The molecule has 0 saturated carbocycles. The minimum absolute atomic E-state index is 0.431. The Kier molecular flexibility index (Phi) is 3.23. The third-order valence-corrected chi connectivity index (χ3v) is 3.75. The molecule has 6 heteroatoms. The second-order valence-electron chi connectivity index (χ2n) is 5.07. The lowest BCUT2D eigenvalue weighted by atomic mass is 9.94. The Hall–Kier alpha value is -2.21. The Bertz CT molecular complexity index is 650. The van der Waals surface area contributed by atoms with E-state index in [9.17, 15) is 9.90 Å². The summed E-state index contributed by atoms with van der Waals surface area (Å²) in [5.74, 6) is 0.0754. The van der Waals surface area contributed by atoms with Crippen LogP contribution < -0.4 is 0 Å². The molecule has 2 aromatic rings. The van der Waals surface area contributed by atoms with Crippen molar-refractivity contribution in [3.8, 4) is 0 Å². The quantitative estimate of drug-likeness (QED) is 0.905. The molecule has 20 heavy (non-hydrogen) atoms. The third kappa shape index (κ3) is 2.30. The molecule has 1 aliphatic heterocycles. The molecule has 1 aromatic carbocycles. The van der Waals surface area contributed by atoms with Gasteiger partial charge in [-0.05, 0) is 23.6 Å². The fourth-order valence-electron chi connectivity index (χ4n) is 2.65. The van der Waals surface area contributed by atoms with E-state index in [0.29, 0.717) is 5.56 Å². The highest BCUT2D eigenvalue weighted by atomic mass is 16.4. The van der Waals surface area contributed by atoms with Crippen molar-refractivity contribution in [3.05, 3.63) is 47.0 Å². The zero-order valence-electron chi connectivity index (χ0n) is 11.3. The maximum absolute atomic E-state index is 11.2. The number of hydrogen-bond acceptors (Lipinski definition) is 4. The van der Waals surface area contributed by atoms with Gasteiger partial charge in [0.2, 0.25) is 0 Å². The number of carboxylic acid groups (broad SMARTS) is 1. The van der Waals surface area contributed by atoms with E-state index in [1.165, 1.54) is 0 Å². The zero-order valence-corrected chi connectivity index (χ0v) is 11.3. The van der Waals surface area contributed by atoms with Crippen molar-refractivity contribution in [1.29, 1.82) is 0 Å². The minimum Gasteiger partial charge on any atom is -0.478 e. The molecule has 2 heterocycles. The Balaban J connectivity index is 1.81. The first-order valence-electron chi connectivity index (χ1n) is 6.54. The lowest BCUT2D eigenvalue weighted by molar-refractivity contribution is 0.0694. The molecule has 0 fully saturated rings. The average molecular weight is 272 g/mol. The predicted octanol–water partition coefficient (Wildman–Crippen LogP) is 1.07. The van der Waals surface area contributed by atoms with Crippen LogP contribution in [0.5, 0.6) is 0 Å². The third-order valence-electron chi connectivity index (χ3n) is 3.75. The number of benzene rings is 1. The van der Waals surface area contributed by atoms with Gasteiger partial charge in [0.1, 0.15) is 12.2 Å². The molecule has 104 valence electrons. The summed E-state index contributed by atoms with van der Waals surface area (Å²) in [5.41, 5.74) is 2.49. The summed E-state index contributed by atoms with van der Waals surface area (Å²) in [6, 6.07) is 5.50. The van der Waals surface area contributed by atoms with Crippen LogP contribution in [0.15, 0.2) is 24.5 Å². The molecule has 0 unspecified atom stereocenters. The summed E-state index contributed by atoms with van der Waals surface area (Å²) in [7, 11) is 1.93. The summed E-state index contributed by atoms with van der Waals surface area (Å²) in [4.78, 5) is 13.5. The Morgan fingerprint density at radius 1 is 1.45 bits per heavy atom. The van der Waals surface area contributed by atoms with E-state index >= 15 is 0 Å². The van der Waals surface area contributed by atoms with E-state index in [1.807, 2.05) is 23.7 Å². The van der Waals surface area contributed by atoms with Crippen molar-refractivity contribution in [1.82, 2.24) is 19.7 Å². The average Bonchev–Trinajstić information content (AvgIpc) is 2.83. The van der Waals surface area contributed by atoms with Crippen molar-refractivity contribution >= 4 is 5.97 Å². The molecule has 3 rings (SSSR count). The van der Waals surface area contributed by atoms with Gasteiger partial charge >= 0.3 is 5.97 Å². The van der Waals surface area contributed by atoms with Gasteiger partial charge < -0.3 is 9.67 Å². The van der Waals surface area contributed by atoms with Gasteiger partial charge in [-0.15, -0.1) is 10.2 Å². The number of hydrogen-bond donors (Lipinski definition) is 1. The Morgan fingerprint density at radius 2 is 2.30 bits per heavy atom. The molecule has 0 atom stereocenters. The lowest BCUT2D eigenvalue weighted by Gasteiger charge is -2.29. The normalized spacial score (nSPS) is 15.1. The van der Waals surface area contributed by atoms with E-state index in [1.54, 1.807) is 12.4 Å². The van der Waals surface area contributed by atoms with Crippen LogP contribution in [0, 0.1) is 0 Å². The summed E-state index contributed by atoms with van der Waals surface area (Å²) in [6.45, 7) is 2.32. The van der Waals surface area contributed by atoms with Crippen LogP contribution in [0.3, 0.4) is 0 Å². The van der Waals surface area contributed by atoms with E-state index in [0.717, 1.165) is 43.0 Å². The van der Waals surface area contributed by atoms with E-state index in [-0.39, 0.29) is 0 Å². The lowest BCUT2D eigenvalue weighted by Crippen LogP contribution is -2.32. The van der Waals surface area contributed by atoms with Crippen LogP contribution in [-0.2, 0) is 26.6 Å². The largest absolute Gasteiger partial charge is 0.478 e. The van der Waals surface area contributed by atoms with Crippen LogP contribution >= 0.6 is 0 Å². The van der Waals surface area contributed by atoms with E-state index in [4.69, 9.17) is 0 Å². The van der Waals surface area contributed by atoms with E-state index < -0.39 is 5.97 Å². The molecule has 6 nitrogen and oxygen atoms in total. The monoisotopic (exact) mass is 272 g/mol. The second-order valence-corrected chi connectivity index (χ2v) is 5.07. The number of fused-ring (bicyclic) bond motifs is 1. The maximum Gasteiger partial charge on any atom is 0.335 e. The number of carboxylic acids is 1. The Labute approximate surface area is 116 Å². The van der Waals surface area contributed by atoms with Gasteiger partial charge in [-0.1, -0.05) is 12.1 Å². The van der Waals surface area contributed by atoms with Crippen molar-refractivity contribution in [2.45, 2.75) is 19.5 Å². The van der Waals surface area contributed by atoms with Gasteiger partial charge in [-0.25, -0.2) is 4.79 Å². The fourth-order valence-corrected chi connectivity index (χ4v) is 2.65. The fraction of sp³-hybridized carbons (Fsp3) is 0.357. The van der Waals surface area contributed by atoms with Gasteiger partial charge in [0.05, 0.1) is 12.1 Å². The van der Waals surface area contributed by atoms with Crippen molar-refractivity contribution in [2.24, 2.45) is 7.05 Å². The summed E-state index contributed by atoms with van der Waals surface area (Å²) < 4.78 is 1.91. The van der Waals surface area contributed by atoms with Gasteiger partial charge in [0.25, 0.3) is 0 Å². The molecule has 0 spiro atoms. The summed E-state index contributed by atoms with van der Waals surface area (Å²) in [5, 5.41) is 17.2. The topological polar surface area (TPSA) is 71.2 Å². The standard InChI is InChI=1S/C14H16N4O2/c1-17-9-15-16-13(17)8-18-6-5-11-10(7-18)3-2-4-12(11)14(19)20/h2-4,9H,5-8H2,1H3,(H,19,20). The zero-order chi connectivity index (χ0) is 14.1. The predicted molar refractivity (Wildman–Crippen MR) is 72.2 cm³/mol. The van der Waals surface area contributed by atoms with Crippen LogP contribution in [-0.4, -0.2) is 37.3 Å². The van der Waals surface area contributed by atoms with Gasteiger partial charge in [-0.2, -0.15) is 0 Å². The molecule has 0 aliphatic carbocycles. The first kappa shape index (κ1) is 12.8. The number of aryl methyl sites for hydroxylation is 1. The molecule has 1 N–H and O–H groups in total. The molecule has 0 saturated heterocycles. The van der Waals surface area contributed by atoms with Gasteiger partial charge in [0.15, 0.2) is 0 Å². The van der Waals surface area contributed by atoms with Crippen LogP contribution in [0.2, 0.25) is 0 Å². The van der Waals surface area contributed by atoms with Gasteiger partial charge in [-0.3, -0.25) is 4.90 Å². The molecular formula is C14H16N4O2. The van der Waals surface area contributed by atoms with Crippen molar-refractivity contribution in [3.63, 3.8) is 0 Å². The minimum atomic E-state index is -0.844. The first-order chi connectivity index (χ1) is 9.65. The number of aromatic nitrogens is 3. The summed E-state index contributed by atoms with van der Waals surface area (Å²) >= 11 is 0. The number of nitrogens with zero attached hydrogens (tertiary/aromatic N) is 4. The van der Waals surface area contributed by atoms with Gasteiger partial charge in [0, 0.05) is 20.1 Å². The van der Waals surface area contributed by atoms with Crippen LogP contribution in [0.4, 0.5) is 0 Å². The number of carbonyl (C=O) groups is 1. The highest BCUT2D eigenvalue weighted by molar-refractivity contribution is 5.89. The van der Waals surface area contributed by atoms with Crippen molar-refractivity contribution < 1.29 is 9.90 Å². The second kappa shape index (κ2) is 5.05. The van der Waals surface area contributed by atoms with E-state index in [2.05, 4.69) is 15.1 Å².